The van der Waals surface area contributed by atoms with Gasteiger partial charge in [0.05, 0.1) is 10.7 Å². The number of halogens is 2. The van der Waals surface area contributed by atoms with Crippen molar-refractivity contribution < 1.29 is 13.9 Å². The number of carbonyl (C=O) groups excluding carboxylic acids is 1. The van der Waals surface area contributed by atoms with Crippen molar-refractivity contribution in [1.82, 2.24) is 4.90 Å². The molecule has 1 aromatic carbocycles. The molecular weight excluding hydrogens is 424 g/mol. The average molecular weight is 444 g/mol. The predicted octanol–water partition coefficient (Wildman–Crippen LogP) is 4.27. The van der Waals surface area contributed by atoms with Crippen molar-refractivity contribution in [3.63, 3.8) is 0 Å². The number of carbonyl (C=O) groups is 1. The van der Waals surface area contributed by atoms with Crippen LogP contribution in [0.2, 0.25) is 5.02 Å². The largest absolute Gasteiger partial charge is 0.444 e. The van der Waals surface area contributed by atoms with Crippen LogP contribution in [0.25, 0.3) is 11.0 Å². The summed E-state index contributed by atoms with van der Waals surface area (Å²) in [6.07, 6.45) is -0.318. The molecule has 140 valence electrons. The van der Waals surface area contributed by atoms with Gasteiger partial charge < -0.3 is 19.0 Å². The number of benzene rings is 1. The van der Waals surface area contributed by atoms with Gasteiger partial charge in [0.1, 0.15) is 11.2 Å². The Morgan fingerprint density at radius 1 is 1.19 bits per heavy atom. The highest BCUT2D eigenvalue weighted by atomic mass is 79.9. The molecule has 0 atom stereocenters. The molecule has 0 spiro atoms. The van der Waals surface area contributed by atoms with E-state index in [1.807, 2.05) is 20.8 Å². The fourth-order valence-electron chi connectivity index (χ4n) is 2.86. The number of fused-ring (bicyclic) bond motifs is 1. The van der Waals surface area contributed by atoms with Crippen molar-refractivity contribution in [3.8, 4) is 0 Å². The van der Waals surface area contributed by atoms with Crippen molar-refractivity contribution in [2.75, 3.05) is 31.1 Å². The van der Waals surface area contributed by atoms with Crippen LogP contribution in [0.3, 0.4) is 0 Å². The van der Waals surface area contributed by atoms with Gasteiger partial charge >= 0.3 is 11.7 Å². The minimum atomic E-state index is -0.521. The second-order valence-electron chi connectivity index (χ2n) is 7.17. The minimum Gasteiger partial charge on any atom is -0.444 e. The number of nitrogens with zero attached hydrogens (tertiary/aromatic N) is 2. The molecule has 3 rings (SSSR count). The van der Waals surface area contributed by atoms with Gasteiger partial charge in [0.25, 0.3) is 0 Å². The molecule has 0 N–H and O–H groups in total. The lowest BCUT2D eigenvalue weighted by Crippen LogP contribution is -2.50. The Hall–Kier alpha value is -1.73. The van der Waals surface area contributed by atoms with Gasteiger partial charge in [-0.2, -0.15) is 0 Å². The van der Waals surface area contributed by atoms with Crippen molar-refractivity contribution >= 4 is 50.3 Å². The van der Waals surface area contributed by atoms with Crippen LogP contribution in [-0.4, -0.2) is 42.8 Å². The zero-order valence-electron chi connectivity index (χ0n) is 14.8. The third kappa shape index (κ3) is 4.15. The van der Waals surface area contributed by atoms with Crippen LogP contribution < -0.4 is 10.5 Å². The third-order valence-electron chi connectivity index (χ3n) is 4.04. The van der Waals surface area contributed by atoms with E-state index >= 15 is 0 Å². The highest BCUT2D eigenvalue weighted by Gasteiger charge is 2.27. The third-order valence-corrected chi connectivity index (χ3v) is 5.23. The van der Waals surface area contributed by atoms with Crippen molar-refractivity contribution in [3.05, 3.63) is 38.1 Å². The summed E-state index contributed by atoms with van der Waals surface area (Å²) in [6.45, 7) is 7.74. The average Bonchev–Trinajstić information content (AvgIpc) is 2.54. The molecule has 1 amide bonds. The molecule has 1 fully saturated rings. The first-order valence-corrected chi connectivity index (χ1v) is 9.47. The van der Waals surface area contributed by atoms with Crippen molar-refractivity contribution in [1.29, 1.82) is 0 Å². The quantitative estimate of drug-likeness (QED) is 0.616. The Kier molecular flexibility index (Phi) is 5.21. The monoisotopic (exact) mass is 442 g/mol. The fraction of sp³-hybridized carbons (Fsp3) is 0.444. The number of ether oxygens (including phenoxy) is 1. The van der Waals surface area contributed by atoms with E-state index in [4.69, 9.17) is 20.8 Å². The molecule has 1 aliphatic heterocycles. The Morgan fingerprint density at radius 2 is 1.85 bits per heavy atom. The van der Waals surface area contributed by atoms with E-state index in [0.717, 1.165) is 11.1 Å². The Labute approximate surface area is 164 Å². The van der Waals surface area contributed by atoms with Gasteiger partial charge in [0.15, 0.2) is 0 Å². The summed E-state index contributed by atoms with van der Waals surface area (Å²) in [4.78, 5) is 27.9. The number of anilines is 1. The molecule has 0 unspecified atom stereocenters. The number of hydrogen-bond acceptors (Lipinski definition) is 5. The number of piperazine rings is 1. The summed E-state index contributed by atoms with van der Waals surface area (Å²) < 4.78 is 11.4. The first-order chi connectivity index (χ1) is 12.1. The van der Waals surface area contributed by atoms with E-state index in [1.54, 1.807) is 17.0 Å². The Bertz CT molecular complexity index is 898. The molecule has 0 bridgehead atoms. The molecule has 26 heavy (non-hydrogen) atoms. The normalized spacial score (nSPS) is 15.4. The summed E-state index contributed by atoms with van der Waals surface area (Å²) in [5, 5.41) is 1.31. The maximum absolute atomic E-state index is 12.2. The molecule has 6 nitrogen and oxygen atoms in total. The molecule has 0 aliphatic carbocycles. The van der Waals surface area contributed by atoms with E-state index in [2.05, 4.69) is 20.8 Å². The van der Waals surface area contributed by atoms with Crippen molar-refractivity contribution in [2.45, 2.75) is 26.4 Å². The SMILES string of the molecule is CC(C)(C)OC(=O)N1CCN(c2cc(=O)oc3cc(Br)c(Cl)cc23)CC1. The van der Waals surface area contributed by atoms with Crippen LogP contribution in [0.5, 0.6) is 0 Å². The Balaban J connectivity index is 1.83. The van der Waals surface area contributed by atoms with Crippen LogP contribution in [0.15, 0.2) is 31.9 Å². The van der Waals surface area contributed by atoms with Gasteiger partial charge in [-0.25, -0.2) is 9.59 Å². The molecule has 2 aromatic rings. The molecule has 0 radical (unpaired) electrons. The summed E-state index contributed by atoms with van der Waals surface area (Å²) in [7, 11) is 0. The topological polar surface area (TPSA) is 63.0 Å². The number of rotatable bonds is 1. The maximum Gasteiger partial charge on any atom is 0.410 e. The lowest BCUT2D eigenvalue weighted by Gasteiger charge is -2.37. The molecular formula is C18H20BrClN2O4. The van der Waals surface area contributed by atoms with E-state index in [-0.39, 0.29) is 6.09 Å². The second kappa shape index (κ2) is 7.12. The minimum absolute atomic E-state index is 0.318. The smallest absolute Gasteiger partial charge is 0.410 e. The predicted molar refractivity (Wildman–Crippen MR) is 105 cm³/mol. The van der Waals surface area contributed by atoms with Crippen LogP contribution in [0.4, 0.5) is 10.5 Å². The first-order valence-electron chi connectivity index (χ1n) is 8.30. The fourth-order valence-corrected chi connectivity index (χ4v) is 3.34. The standard InChI is InChI=1S/C18H20BrClN2O4/c1-18(2,3)26-17(24)22-6-4-21(5-7-22)14-10-16(23)25-15-9-12(19)13(20)8-11(14)15/h8-10H,4-7H2,1-3H3. The maximum atomic E-state index is 12.2. The summed E-state index contributed by atoms with van der Waals surface area (Å²) in [5.41, 5.74) is 0.288. The molecule has 0 saturated carbocycles. The van der Waals surface area contributed by atoms with Gasteiger partial charge in [-0.15, -0.1) is 0 Å². The van der Waals surface area contributed by atoms with Gasteiger partial charge in [-0.3, -0.25) is 0 Å². The molecule has 1 aliphatic rings. The van der Waals surface area contributed by atoms with E-state index in [0.29, 0.717) is 41.3 Å². The number of amides is 1. The zero-order valence-corrected chi connectivity index (χ0v) is 17.2. The van der Waals surface area contributed by atoms with E-state index in [9.17, 15) is 9.59 Å². The summed E-state index contributed by atoms with van der Waals surface area (Å²) >= 11 is 9.55. The summed E-state index contributed by atoms with van der Waals surface area (Å²) in [6, 6.07) is 4.94. The van der Waals surface area contributed by atoms with Crippen LogP contribution in [0.1, 0.15) is 20.8 Å². The van der Waals surface area contributed by atoms with E-state index < -0.39 is 11.2 Å². The highest BCUT2D eigenvalue weighted by Crippen LogP contribution is 2.33. The number of hydrogen-bond donors (Lipinski definition) is 0. The lowest BCUT2D eigenvalue weighted by molar-refractivity contribution is 0.0240. The van der Waals surface area contributed by atoms with Gasteiger partial charge in [-0.05, 0) is 48.8 Å². The van der Waals surface area contributed by atoms with Gasteiger partial charge in [0, 0.05) is 42.1 Å². The zero-order chi connectivity index (χ0) is 19.1. The lowest BCUT2D eigenvalue weighted by atomic mass is 10.1. The van der Waals surface area contributed by atoms with Crippen LogP contribution in [-0.2, 0) is 4.74 Å². The van der Waals surface area contributed by atoms with Crippen molar-refractivity contribution in [2.24, 2.45) is 0 Å². The highest BCUT2D eigenvalue weighted by molar-refractivity contribution is 9.10. The van der Waals surface area contributed by atoms with Gasteiger partial charge in [0.2, 0.25) is 0 Å². The van der Waals surface area contributed by atoms with Gasteiger partial charge in [-0.1, -0.05) is 11.6 Å². The molecule has 1 saturated heterocycles. The van der Waals surface area contributed by atoms with Crippen LogP contribution >= 0.6 is 27.5 Å². The first kappa shape index (κ1) is 19.0. The molecule has 2 heterocycles. The van der Waals surface area contributed by atoms with E-state index in [1.165, 1.54) is 6.07 Å². The second-order valence-corrected chi connectivity index (χ2v) is 8.43. The molecule has 8 heteroatoms. The Morgan fingerprint density at radius 3 is 2.46 bits per heavy atom. The van der Waals surface area contributed by atoms with Crippen LogP contribution in [0, 0.1) is 0 Å². The summed E-state index contributed by atoms with van der Waals surface area (Å²) in [5.74, 6) is 0. The molecule has 1 aromatic heterocycles.